The largest absolute Gasteiger partial charge is 0.373 e. The number of hydrogen-bond donors (Lipinski definition) is 0. The molecular formula is C17H21NO3. The molecule has 1 aromatic heterocycles. The van der Waals surface area contributed by atoms with Crippen molar-refractivity contribution in [3.63, 3.8) is 0 Å². The highest BCUT2D eigenvalue weighted by Gasteiger charge is 2.51. The number of ether oxygens (including phenoxy) is 2. The molecule has 1 aliphatic carbocycles. The lowest BCUT2D eigenvalue weighted by molar-refractivity contribution is -0.134. The highest BCUT2D eigenvalue weighted by atomic mass is 16.5. The van der Waals surface area contributed by atoms with Gasteiger partial charge in [-0.25, -0.2) is 0 Å². The number of rotatable bonds is 4. The first-order chi connectivity index (χ1) is 10.2. The van der Waals surface area contributed by atoms with Crippen LogP contribution in [0.1, 0.15) is 31.4 Å². The number of nitrogens with zero attached hydrogens (tertiary/aromatic N) is 1. The Morgan fingerprint density at radius 2 is 2.33 bits per heavy atom. The monoisotopic (exact) mass is 287 g/mol. The summed E-state index contributed by atoms with van der Waals surface area (Å²) >= 11 is 0. The first kappa shape index (κ1) is 14.4. The van der Waals surface area contributed by atoms with Crippen LogP contribution in [0.4, 0.5) is 0 Å². The fourth-order valence-electron chi connectivity index (χ4n) is 3.76. The second-order valence-corrected chi connectivity index (χ2v) is 5.94. The molecule has 4 heteroatoms. The normalized spacial score (nSPS) is 33.2. The van der Waals surface area contributed by atoms with Crippen LogP contribution in [0.2, 0.25) is 0 Å². The van der Waals surface area contributed by atoms with Gasteiger partial charge in [-0.15, -0.1) is 0 Å². The molecule has 21 heavy (non-hydrogen) atoms. The van der Waals surface area contributed by atoms with E-state index in [1.807, 2.05) is 18.2 Å². The van der Waals surface area contributed by atoms with Crippen LogP contribution < -0.4 is 0 Å². The third-order valence-corrected chi connectivity index (χ3v) is 4.81. The van der Waals surface area contributed by atoms with E-state index in [-0.39, 0.29) is 5.60 Å². The van der Waals surface area contributed by atoms with Crippen LogP contribution in [0.3, 0.4) is 0 Å². The van der Waals surface area contributed by atoms with Crippen molar-refractivity contribution in [1.82, 2.24) is 4.98 Å². The van der Waals surface area contributed by atoms with Crippen molar-refractivity contribution >= 4 is 6.29 Å². The van der Waals surface area contributed by atoms with Gasteiger partial charge >= 0.3 is 0 Å². The molecule has 0 saturated carbocycles. The number of hydrogen-bond acceptors (Lipinski definition) is 4. The minimum Gasteiger partial charge on any atom is -0.373 e. The molecule has 4 nitrogen and oxygen atoms in total. The fraction of sp³-hybridized carbons (Fsp3) is 0.529. The predicted molar refractivity (Wildman–Crippen MR) is 79.1 cm³/mol. The lowest BCUT2D eigenvalue weighted by Gasteiger charge is -2.47. The van der Waals surface area contributed by atoms with E-state index >= 15 is 0 Å². The van der Waals surface area contributed by atoms with Gasteiger partial charge in [0.2, 0.25) is 0 Å². The van der Waals surface area contributed by atoms with Crippen molar-refractivity contribution in [3.8, 4) is 0 Å². The minimum absolute atomic E-state index is 0.268. The summed E-state index contributed by atoms with van der Waals surface area (Å²) in [5, 5.41) is 0. The lowest BCUT2D eigenvalue weighted by Crippen LogP contribution is -2.53. The Balaban J connectivity index is 2.04. The third kappa shape index (κ3) is 2.43. The maximum absolute atomic E-state index is 11.6. The average Bonchev–Trinajstić information content (AvgIpc) is 2.97. The van der Waals surface area contributed by atoms with Crippen LogP contribution >= 0.6 is 0 Å². The van der Waals surface area contributed by atoms with Crippen molar-refractivity contribution in [2.75, 3.05) is 13.7 Å². The second-order valence-electron chi connectivity index (χ2n) is 5.94. The standard InChI is InChI=1S/C17H21NO3/c1-20-15(12-19)17(14-6-2-5-10-18-14)9-11-21-16(13-17)7-3-4-8-16/h2-3,5-7,10,12,15H,4,8-9,11,13H2,1H3. The highest BCUT2D eigenvalue weighted by Crippen LogP contribution is 2.47. The Hall–Kier alpha value is -1.52. The molecule has 3 unspecified atom stereocenters. The van der Waals surface area contributed by atoms with E-state index in [0.29, 0.717) is 6.61 Å². The summed E-state index contributed by atoms with van der Waals surface area (Å²) in [5.41, 5.74) is 0.243. The lowest BCUT2D eigenvalue weighted by atomic mass is 9.67. The van der Waals surface area contributed by atoms with Gasteiger partial charge in [-0.2, -0.15) is 0 Å². The number of aromatic nitrogens is 1. The Morgan fingerprint density at radius 1 is 1.43 bits per heavy atom. The van der Waals surface area contributed by atoms with E-state index < -0.39 is 11.5 Å². The summed E-state index contributed by atoms with van der Waals surface area (Å²) in [6.45, 7) is 0.620. The first-order valence-corrected chi connectivity index (χ1v) is 7.46. The molecule has 2 aliphatic rings. The van der Waals surface area contributed by atoms with Gasteiger partial charge in [0.15, 0.2) is 0 Å². The van der Waals surface area contributed by atoms with Gasteiger partial charge in [0.25, 0.3) is 0 Å². The van der Waals surface area contributed by atoms with Gasteiger partial charge in [-0.3, -0.25) is 4.98 Å². The Kier molecular flexibility index (Phi) is 3.91. The SMILES string of the molecule is COC(C=O)C1(c2ccccn2)CCOC2(C=CCC2)C1. The summed E-state index contributed by atoms with van der Waals surface area (Å²) in [6.07, 6.45) is 9.99. The molecule has 1 fully saturated rings. The van der Waals surface area contributed by atoms with Gasteiger partial charge in [0.1, 0.15) is 12.4 Å². The van der Waals surface area contributed by atoms with Crippen molar-refractivity contribution < 1.29 is 14.3 Å². The number of carbonyl (C=O) groups excluding carboxylic acids is 1. The predicted octanol–water partition coefficient (Wildman–Crippen LogP) is 2.43. The molecule has 3 atom stereocenters. The van der Waals surface area contributed by atoms with Gasteiger partial charge in [0, 0.05) is 25.6 Å². The molecular weight excluding hydrogens is 266 g/mol. The van der Waals surface area contributed by atoms with E-state index in [2.05, 4.69) is 17.1 Å². The number of aldehydes is 1. The van der Waals surface area contributed by atoms with Crippen molar-refractivity contribution in [3.05, 3.63) is 42.2 Å². The number of carbonyl (C=O) groups is 1. The Morgan fingerprint density at radius 3 is 2.95 bits per heavy atom. The average molecular weight is 287 g/mol. The summed E-state index contributed by atoms with van der Waals surface area (Å²) in [4.78, 5) is 16.1. The summed E-state index contributed by atoms with van der Waals surface area (Å²) in [7, 11) is 1.59. The zero-order valence-corrected chi connectivity index (χ0v) is 12.3. The number of methoxy groups -OCH3 is 1. The van der Waals surface area contributed by atoms with E-state index in [9.17, 15) is 4.79 Å². The summed E-state index contributed by atoms with van der Waals surface area (Å²) in [6, 6.07) is 5.85. The van der Waals surface area contributed by atoms with Crippen molar-refractivity contribution in [1.29, 1.82) is 0 Å². The van der Waals surface area contributed by atoms with Gasteiger partial charge in [0.05, 0.1) is 11.0 Å². The van der Waals surface area contributed by atoms with Crippen LogP contribution in [0.25, 0.3) is 0 Å². The van der Waals surface area contributed by atoms with Gasteiger partial charge in [-0.1, -0.05) is 18.2 Å². The van der Waals surface area contributed by atoms with Crippen molar-refractivity contribution in [2.24, 2.45) is 0 Å². The molecule has 1 aliphatic heterocycles. The van der Waals surface area contributed by atoms with Crippen LogP contribution in [0, 0.1) is 0 Å². The molecule has 3 rings (SSSR count). The number of pyridine rings is 1. The van der Waals surface area contributed by atoms with Gasteiger partial charge < -0.3 is 14.3 Å². The van der Waals surface area contributed by atoms with Crippen LogP contribution in [0.5, 0.6) is 0 Å². The topological polar surface area (TPSA) is 48.4 Å². The molecule has 2 heterocycles. The number of allylic oxidation sites excluding steroid dienone is 1. The molecule has 112 valence electrons. The molecule has 0 aromatic carbocycles. The van der Waals surface area contributed by atoms with E-state index in [4.69, 9.17) is 9.47 Å². The first-order valence-electron chi connectivity index (χ1n) is 7.46. The highest BCUT2D eigenvalue weighted by molar-refractivity contribution is 5.60. The van der Waals surface area contributed by atoms with Crippen molar-refractivity contribution in [2.45, 2.75) is 42.8 Å². The quantitative estimate of drug-likeness (QED) is 0.630. The molecule has 1 saturated heterocycles. The van der Waals surface area contributed by atoms with E-state index in [0.717, 1.165) is 37.7 Å². The van der Waals surface area contributed by atoms with Gasteiger partial charge in [-0.05, 0) is 37.8 Å². The van der Waals surface area contributed by atoms with Crippen LogP contribution in [-0.4, -0.2) is 36.7 Å². The molecule has 1 spiro atoms. The molecule has 0 bridgehead atoms. The molecule has 0 amide bonds. The third-order valence-electron chi connectivity index (χ3n) is 4.81. The van der Waals surface area contributed by atoms with E-state index in [1.165, 1.54) is 0 Å². The van der Waals surface area contributed by atoms with E-state index in [1.54, 1.807) is 13.3 Å². The smallest absolute Gasteiger partial charge is 0.149 e. The molecule has 0 N–H and O–H groups in total. The minimum atomic E-state index is -0.498. The molecule has 1 aromatic rings. The maximum Gasteiger partial charge on any atom is 0.149 e. The van der Waals surface area contributed by atoms with Crippen LogP contribution in [0.15, 0.2) is 36.5 Å². The maximum atomic E-state index is 11.6. The fourth-order valence-corrected chi connectivity index (χ4v) is 3.76. The second kappa shape index (κ2) is 5.70. The summed E-state index contributed by atoms with van der Waals surface area (Å²) < 4.78 is 11.6. The Labute approximate surface area is 125 Å². The zero-order chi connectivity index (χ0) is 14.8. The summed E-state index contributed by atoms with van der Waals surface area (Å²) in [5.74, 6) is 0. The Bertz CT molecular complexity index is 530. The van der Waals surface area contributed by atoms with Crippen LogP contribution in [-0.2, 0) is 19.7 Å². The zero-order valence-electron chi connectivity index (χ0n) is 12.3. The molecule has 0 radical (unpaired) electrons.